The van der Waals surface area contributed by atoms with Crippen LogP contribution in [0.3, 0.4) is 0 Å². The zero-order valence-electron chi connectivity index (χ0n) is 34.5. The molecule has 1 unspecified atom stereocenters. The van der Waals surface area contributed by atoms with Crippen molar-refractivity contribution >= 4 is 39.3 Å². The van der Waals surface area contributed by atoms with E-state index in [1.165, 1.54) is 71.3 Å². The Labute approximate surface area is 361 Å². The van der Waals surface area contributed by atoms with Crippen LogP contribution in [-0.4, -0.2) is 15.0 Å². The molecule has 9 aromatic rings. The molecule has 1 spiro atoms. The van der Waals surface area contributed by atoms with E-state index < -0.39 is 5.41 Å². The van der Waals surface area contributed by atoms with Gasteiger partial charge >= 0.3 is 0 Å². The molecule has 292 valence electrons. The Hall–Kier alpha value is -7.75. The van der Waals surface area contributed by atoms with Crippen molar-refractivity contribution in [3.63, 3.8) is 0 Å². The van der Waals surface area contributed by atoms with Gasteiger partial charge in [0.2, 0.25) is 0 Å². The summed E-state index contributed by atoms with van der Waals surface area (Å²) in [5.41, 5.74) is 14.4. The summed E-state index contributed by atoms with van der Waals surface area (Å²) in [6, 6.07) is 63.6. The van der Waals surface area contributed by atoms with Crippen molar-refractivity contribution in [2.45, 2.75) is 19.3 Å². The molecule has 3 aliphatic rings. The molecule has 0 amide bonds. The molecule has 0 radical (unpaired) electrons. The van der Waals surface area contributed by atoms with Gasteiger partial charge in [0, 0.05) is 22.6 Å². The number of nitrogens with zero attached hydrogens (tertiary/aromatic N) is 3. The average molecular weight is 792 g/mol. The van der Waals surface area contributed by atoms with Crippen LogP contribution in [0.5, 0.6) is 0 Å². The SMILES string of the molecule is C\C=C/C=C1/C(=C2\C=c3ccc(-c4nc(-c5ccc6ccccc6c5)nc(-c5ccc6ccccc6c5)n4)cc3=CC2C)C2(c3ccccc31)c1ccccc1-c1ccccc12. The molecule has 3 heteroatoms. The molecule has 3 aliphatic carbocycles. The van der Waals surface area contributed by atoms with Crippen LogP contribution in [0, 0.1) is 5.92 Å². The van der Waals surface area contributed by atoms with Crippen molar-refractivity contribution in [1.29, 1.82) is 0 Å². The molecule has 0 saturated carbocycles. The van der Waals surface area contributed by atoms with Crippen LogP contribution in [-0.2, 0) is 5.41 Å². The molecule has 1 atom stereocenters. The van der Waals surface area contributed by atoms with Crippen LogP contribution in [0.2, 0.25) is 0 Å². The van der Waals surface area contributed by atoms with Gasteiger partial charge in [-0.3, -0.25) is 0 Å². The van der Waals surface area contributed by atoms with Gasteiger partial charge in [-0.05, 0) is 107 Å². The first-order valence-corrected chi connectivity index (χ1v) is 21.5. The Balaban J connectivity index is 1.06. The van der Waals surface area contributed by atoms with E-state index in [-0.39, 0.29) is 5.92 Å². The zero-order valence-corrected chi connectivity index (χ0v) is 34.5. The summed E-state index contributed by atoms with van der Waals surface area (Å²) < 4.78 is 0. The Morgan fingerprint density at radius 2 is 0.935 bits per heavy atom. The summed E-state index contributed by atoms with van der Waals surface area (Å²) >= 11 is 0. The van der Waals surface area contributed by atoms with Gasteiger partial charge in [0.15, 0.2) is 17.5 Å². The minimum atomic E-state index is -0.453. The molecule has 1 aromatic heterocycles. The number of hydrogen-bond donors (Lipinski definition) is 0. The molecule has 8 aromatic carbocycles. The number of benzene rings is 8. The normalized spacial score (nSPS) is 17.5. The van der Waals surface area contributed by atoms with Crippen molar-refractivity contribution in [3.8, 4) is 45.3 Å². The maximum absolute atomic E-state index is 5.20. The van der Waals surface area contributed by atoms with Gasteiger partial charge < -0.3 is 0 Å². The second kappa shape index (κ2) is 14.2. The largest absolute Gasteiger partial charge is 0.208 e. The minimum absolute atomic E-state index is 0.118. The quantitative estimate of drug-likeness (QED) is 0.178. The van der Waals surface area contributed by atoms with E-state index in [1.54, 1.807) is 0 Å². The van der Waals surface area contributed by atoms with Crippen LogP contribution in [0.25, 0.3) is 84.6 Å². The topological polar surface area (TPSA) is 38.7 Å². The standard InChI is InChI=1S/C59H41N3/c1-3-4-19-50-49-22-11-14-25-54(49)59(52-23-12-9-20-47(52)48-21-10-13-24-53(48)59)55(50)51-36-42-28-31-45(35-46(42)32-37(51)2)58-61-56(43-29-26-38-15-5-7-17-40(38)33-43)60-57(62-58)44-30-27-39-16-6-8-18-41(39)34-44/h3-37H,1-2H3/b4-3-,50-19+,55-51-. The second-order valence-corrected chi connectivity index (χ2v) is 16.7. The van der Waals surface area contributed by atoms with Gasteiger partial charge in [0.05, 0.1) is 5.41 Å². The van der Waals surface area contributed by atoms with Crippen LogP contribution < -0.4 is 10.4 Å². The lowest BCUT2D eigenvalue weighted by atomic mass is 9.67. The highest BCUT2D eigenvalue weighted by atomic mass is 15.0. The summed E-state index contributed by atoms with van der Waals surface area (Å²) in [7, 11) is 0. The van der Waals surface area contributed by atoms with Gasteiger partial charge in [-0.1, -0.05) is 195 Å². The third kappa shape index (κ3) is 5.48. The van der Waals surface area contributed by atoms with E-state index in [9.17, 15) is 0 Å². The van der Waals surface area contributed by atoms with Crippen molar-refractivity contribution in [1.82, 2.24) is 15.0 Å². The first-order chi connectivity index (χ1) is 30.6. The van der Waals surface area contributed by atoms with Gasteiger partial charge in [0.25, 0.3) is 0 Å². The van der Waals surface area contributed by atoms with Crippen LogP contribution in [0.1, 0.15) is 36.1 Å². The fourth-order valence-corrected chi connectivity index (χ4v) is 10.4. The Bertz CT molecular complexity index is 3420. The van der Waals surface area contributed by atoms with E-state index in [2.05, 4.69) is 220 Å². The third-order valence-corrected chi connectivity index (χ3v) is 13.2. The number of rotatable bonds is 4. The molecule has 0 aliphatic heterocycles. The molecular formula is C59H41N3. The molecule has 0 N–H and O–H groups in total. The van der Waals surface area contributed by atoms with Crippen LogP contribution >= 0.6 is 0 Å². The Kier molecular flexibility index (Phi) is 8.26. The first-order valence-electron chi connectivity index (χ1n) is 21.5. The highest BCUT2D eigenvalue weighted by molar-refractivity contribution is 6.02. The molecule has 0 fully saturated rings. The predicted molar refractivity (Wildman–Crippen MR) is 257 cm³/mol. The summed E-state index contributed by atoms with van der Waals surface area (Å²) in [4.78, 5) is 15.5. The number of hydrogen-bond acceptors (Lipinski definition) is 3. The van der Waals surface area contributed by atoms with Crippen LogP contribution in [0.15, 0.2) is 205 Å². The highest BCUT2D eigenvalue weighted by Crippen LogP contribution is 2.64. The third-order valence-electron chi connectivity index (χ3n) is 13.2. The van der Waals surface area contributed by atoms with Crippen molar-refractivity contribution in [3.05, 3.63) is 238 Å². The molecule has 3 nitrogen and oxygen atoms in total. The van der Waals surface area contributed by atoms with Gasteiger partial charge in [-0.15, -0.1) is 0 Å². The fraction of sp³-hybridized carbons (Fsp3) is 0.0678. The van der Waals surface area contributed by atoms with E-state index in [4.69, 9.17) is 15.0 Å². The molecule has 1 heterocycles. The average Bonchev–Trinajstić information content (AvgIpc) is 3.79. The summed E-state index contributed by atoms with van der Waals surface area (Å²) in [6.45, 7) is 4.45. The molecule has 0 bridgehead atoms. The van der Waals surface area contributed by atoms with E-state index in [0.29, 0.717) is 17.5 Å². The first kappa shape index (κ1) is 36.1. The molecule has 12 rings (SSSR count). The smallest absolute Gasteiger partial charge is 0.164 e. The molecule has 62 heavy (non-hydrogen) atoms. The van der Waals surface area contributed by atoms with Crippen molar-refractivity contribution < 1.29 is 0 Å². The maximum Gasteiger partial charge on any atom is 0.164 e. The predicted octanol–water partition coefficient (Wildman–Crippen LogP) is 12.7. The Morgan fingerprint density at radius 1 is 0.468 bits per heavy atom. The van der Waals surface area contributed by atoms with Crippen molar-refractivity contribution in [2.24, 2.45) is 5.92 Å². The molecular weight excluding hydrogens is 751 g/mol. The van der Waals surface area contributed by atoms with Gasteiger partial charge in [0.1, 0.15) is 0 Å². The second-order valence-electron chi connectivity index (χ2n) is 16.7. The number of allylic oxidation sites excluding steroid dienone is 6. The highest BCUT2D eigenvalue weighted by Gasteiger charge is 2.54. The van der Waals surface area contributed by atoms with Gasteiger partial charge in [-0.2, -0.15) is 0 Å². The lowest BCUT2D eigenvalue weighted by molar-refractivity contribution is 0.770. The van der Waals surface area contributed by atoms with E-state index in [1.807, 2.05) is 0 Å². The van der Waals surface area contributed by atoms with Crippen molar-refractivity contribution in [2.75, 3.05) is 0 Å². The fourth-order valence-electron chi connectivity index (χ4n) is 10.4. The Morgan fingerprint density at radius 3 is 1.50 bits per heavy atom. The monoisotopic (exact) mass is 791 g/mol. The lowest BCUT2D eigenvalue weighted by Crippen LogP contribution is -2.32. The molecule has 0 saturated heterocycles. The lowest BCUT2D eigenvalue weighted by Gasteiger charge is -2.34. The van der Waals surface area contributed by atoms with Gasteiger partial charge in [-0.25, -0.2) is 15.0 Å². The maximum atomic E-state index is 5.20. The number of fused-ring (bicyclic) bond motifs is 10. The number of aromatic nitrogens is 3. The van der Waals surface area contributed by atoms with Crippen LogP contribution in [0.4, 0.5) is 0 Å². The van der Waals surface area contributed by atoms with E-state index in [0.717, 1.165) is 27.5 Å². The summed E-state index contributed by atoms with van der Waals surface area (Å²) in [5.74, 6) is 2.08. The van der Waals surface area contributed by atoms with E-state index >= 15 is 0 Å². The summed E-state index contributed by atoms with van der Waals surface area (Å²) in [6.07, 6.45) is 11.6. The summed E-state index contributed by atoms with van der Waals surface area (Å²) in [5, 5.41) is 7.03. The zero-order chi connectivity index (χ0) is 41.4. The minimum Gasteiger partial charge on any atom is -0.208 e.